The fraction of sp³-hybridized carbons (Fsp3) is 0.778. The van der Waals surface area contributed by atoms with Gasteiger partial charge in [-0.3, -0.25) is 4.99 Å². The summed E-state index contributed by atoms with van der Waals surface area (Å²) < 4.78 is 5.45. The minimum atomic E-state index is 0.490. The number of aliphatic imine (C=N–C) groups is 1. The van der Waals surface area contributed by atoms with Crippen molar-refractivity contribution in [3.63, 3.8) is 0 Å². The fourth-order valence-electron chi connectivity index (χ4n) is 3.31. The van der Waals surface area contributed by atoms with E-state index in [0.29, 0.717) is 18.4 Å². The average Bonchev–Trinajstić information content (AvgIpc) is 3.25. The van der Waals surface area contributed by atoms with E-state index in [1.807, 2.05) is 0 Å². The molecule has 6 heteroatoms. The van der Waals surface area contributed by atoms with Gasteiger partial charge in [0.15, 0.2) is 11.7 Å². The van der Waals surface area contributed by atoms with Crippen LogP contribution in [0.5, 0.6) is 0 Å². The third-order valence-electron chi connectivity index (χ3n) is 5.01. The van der Waals surface area contributed by atoms with Crippen LogP contribution in [0.15, 0.2) is 15.6 Å². The first-order valence-corrected chi connectivity index (χ1v) is 9.32. The number of likely N-dealkylation sites (tertiary alicyclic amines) is 1. The molecule has 0 spiro atoms. The van der Waals surface area contributed by atoms with Gasteiger partial charge in [0, 0.05) is 32.1 Å². The van der Waals surface area contributed by atoms with E-state index in [9.17, 15) is 0 Å². The number of rotatable bonds is 8. The van der Waals surface area contributed by atoms with Crippen molar-refractivity contribution in [1.29, 1.82) is 0 Å². The molecule has 2 rings (SSSR count). The van der Waals surface area contributed by atoms with Crippen molar-refractivity contribution in [2.45, 2.75) is 52.5 Å². The normalized spacial score (nSPS) is 19.2. The van der Waals surface area contributed by atoms with Gasteiger partial charge in [0.25, 0.3) is 0 Å². The van der Waals surface area contributed by atoms with Gasteiger partial charge in [-0.25, -0.2) is 0 Å². The molecule has 6 nitrogen and oxygen atoms in total. The molecule has 136 valence electrons. The highest BCUT2D eigenvalue weighted by molar-refractivity contribution is 5.79. The van der Waals surface area contributed by atoms with Crippen LogP contribution in [0.3, 0.4) is 0 Å². The SMILES string of the molecule is CCC(CC)c1cc(CNC(=NC)NCC2CCN(CC)C2)on1. The molecule has 1 unspecified atom stereocenters. The first-order chi connectivity index (χ1) is 11.7. The number of hydrogen-bond acceptors (Lipinski definition) is 4. The molecule has 2 N–H and O–H groups in total. The molecular weight excluding hydrogens is 302 g/mol. The molecule has 0 amide bonds. The van der Waals surface area contributed by atoms with Crippen LogP contribution in [0.25, 0.3) is 0 Å². The van der Waals surface area contributed by atoms with Crippen LogP contribution >= 0.6 is 0 Å². The molecule has 24 heavy (non-hydrogen) atoms. The predicted molar refractivity (Wildman–Crippen MR) is 98.2 cm³/mol. The van der Waals surface area contributed by atoms with Gasteiger partial charge in [0.2, 0.25) is 0 Å². The number of guanidine groups is 1. The molecule has 1 saturated heterocycles. The van der Waals surface area contributed by atoms with E-state index < -0.39 is 0 Å². The van der Waals surface area contributed by atoms with E-state index in [1.54, 1.807) is 7.05 Å². The van der Waals surface area contributed by atoms with Crippen molar-refractivity contribution in [2.24, 2.45) is 10.9 Å². The average molecular weight is 335 g/mol. The van der Waals surface area contributed by atoms with Crippen LogP contribution < -0.4 is 10.6 Å². The first kappa shape index (κ1) is 18.8. The molecule has 1 fully saturated rings. The fourth-order valence-corrected chi connectivity index (χ4v) is 3.31. The molecule has 0 radical (unpaired) electrons. The zero-order chi connectivity index (χ0) is 17.4. The van der Waals surface area contributed by atoms with E-state index in [4.69, 9.17) is 4.52 Å². The standard InChI is InChI=1S/C18H33N5O/c1-5-15(6-2)17-10-16(24-22-17)12-21-18(19-4)20-11-14-8-9-23(7-3)13-14/h10,14-15H,5-9,11-13H2,1-4H3,(H2,19,20,21). The number of aromatic nitrogens is 1. The summed E-state index contributed by atoms with van der Waals surface area (Å²) in [5.74, 6) is 2.88. The van der Waals surface area contributed by atoms with Crippen molar-refractivity contribution in [1.82, 2.24) is 20.7 Å². The summed E-state index contributed by atoms with van der Waals surface area (Å²) in [5.41, 5.74) is 1.06. The maximum atomic E-state index is 5.45. The summed E-state index contributed by atoms with van der Waals surface area (Å²) in [7, 11) is 1.80. The summed E-state index contributed by atoms with van der Waals surface area (Å²) in [5, 5.41) is 11.0. The molecule has 0 aromatic carbocycles. The van der Waals surface area contributed by atoms with Gasteiger partial charge in [-0.2, -0.15) is 0 Å². The zero-order valence-corrected chi connectivity index (χ0v) is 15.6. The Balaban J connectivity index is 1.75. The van der Waals surface area contributed by atoms with Crippen LogP contribution in [0.2, 0.25) is 0 Å². The molecule has 1 aromatic rings. The van der Waals surface area contributed by atoms with Gasteiger partial charge in [-0.05, 0) is 38.3 Å². The number of hydrogen-bond donors (Lipinski definition) is 2. The minimum Gasteiger partial charge on any atom is -0.359 e. The molecule has 1 atom stereocenters. The Morgan fingerprint density at radius 2 is 2.17 bits per heavy atom. The van der Waals surface area contributed by atoms with E-state index in [2.05, 4.69) is 52.5 Å². The maximum absolute atomic E-state index is 5.45. The molecule has 0 aliphatic carbocycles. The maximum Gasteiger partial charge on any atom is 0.191 e. The van der Waals surface area contributed by atoms with E-state index >= 15 is 0 Å². The smallest absolute Gasteiger partial charge is 0.191 e. The van der Waals surface area contributed by atoms with Crippen LogP contribution in [0.4, 0.5) is 0 Å². The first-order valence-electron chi connectivity index (χ1n) is 9.32. The summed E-state index contributed by atoms with van der Waals surface area (Å²) in [4.78, 5) is 6.79. The lowest BCUT2D eigenvalue weighted by Gasteiger charge is -2.15. The molecule has 1 aliphatic heterocycles. The molecule has 0 bridgehead atoms. The van der Waals surface area contributed by atoms with Crippen molar-refractivity contribution >= 4 is 5.96 Å². The Morgan fingerprint density at radius 1 is 1.38 bits per heavy atom. The topological polar surface area (TPSA) is 65.7 Å². The molecule has 0 saturated carbocycles. The quantitative estimate of drug-likeness (QED) is 0.565. The molecular formula is C18H33N5O. The Hall–Kier alpha value is -1.56. The van der Waals surface area contributed by atoms with Gasteiger partial charge in [0.1, 0.15) is 0 Å². The number of nitrogens with one attached hydrogen (secondary N) is 2. The third-order valence-corrected chi connectivity index (χ3v) is 5.01. The van der Waals surface area contributed by atoms with Gasteiger partial charge in [0.05, 0.1) is 12.2 Å². The second kappa shape index (κ2) is 9.67. The van der Waals surface area contributed by atoms with Gasteiger partial charge >= 0.3 is 0 Å². The van der Waals surface area contributed by atoms with E-state index in [-0.39, 0.29) is 0 Å². The lowest BCUT2D eigenvalue weighted by atomic mass is 9.99. The monoisotopic (exact) mass is 335 g/mol. The van der Waals surface area contributed by atoms with Crippen molar-refractivity contribution in [2.75, 3.05) is 33.2 Å². The second-order valence-electron chi connectivity index (χ2n) is 6.59. The lowest BCUT2D eigenvalue weighted by Crippen LogP contribution is -2.39. The Bertz CT molecular complexity index is 509. The van der Waals surface area contributed by atoms with Gasteiger partial charge < -0.3 is 20.1 Å². The summed E-state index contributed by atoms with van der Waals surface area (Å²) in [6.45, 7) is 11.7. The van der Waals surface area contributed by atoms with Crippen LogP contribution in [0.1, 0.15) is 57.4 Å². The highest BCUT2D eigenvalue weighted by Gasteiger charge is 2.21. The van der Waals surface area contributed by atoms with Crippen LogP contribution in [-0.2, 0) is 6.54 Å². The lowest BCUT2D eigenvalue weighted by molar-refractivity contribution is 0.341. The largest absolute Gasteiger partial charge is 0.359 e. The van der Waals surface area contributed by atoms with Crippen molar-refractivity contribution in [3.05, 3.63) is 17.5 Å². The van der Waals surface area contributed by atoms with Crippen LogP contribution in [-0.4, -0.2) is 49.2 Å². The summed E-state index contributed by atoms with van der Waals surface area (Å²) >= 11 is 0. The van der Waals surface area contributed by atoms with Gasteiger partial charge in [-0.15, -0.1) is 0 Å². The van der Waals surface area contributed by atoms with Crippen LogP contribution in [0, 0.1) is 5.92 Å². The highest BCUT2D eigenvalue weighted by atomic mass is 16.5. The Labute approximate surface area is 146 Å². The third kappa shape index (κ3) is 5.23. The molecule has 1 aromatic heterocycles. The minimum absolute atomic E-state index is 0.490. The second-order valence-corrected chi connectivity index (χ2v) is 6.59. The van der Waals surface area contributed by atoms with E-state index in [1.165, 1.54) is 19.5 Å². The highest BCUT2D eigenvalue weighted by Crippen LogP contribution is 2.22. The van der Waals surface area contributed by atoms with E-state index in [0.717, 1.165) is 43.3 Å². The summed E-state index contributed by atoms with van der Waals surface area (Å²) in [6.07, 6.45) is 3.45. The zero-order valence-electron chi connectivity index (χ0n) is 15.6. The molecule has 2 heterocycles. The number of nitrogens with zero attached hydrogens (tertiary/aromatic N) is 3. The predicted octanol–water partition coefficient (Wildman–Crippen LogP) is 2.58. The Morgan fingerprint density at radius 3 is 2.79 bits per heavy atom. The van der Waals surface area contributed by atoms with Gasteiger partial charge in [-0.1, -0.05) is 25.9 Å². The van der Waals surface area contributed by atoms with Crippen molar-refractivity contribution < 1.29 is 4.52 Å². The molecule has 1 aliphatic rings. The summed E-state index contributed by atoms with van der Waals surface area (Å²) in [6, 6.07) is 2.06. The van der Waals surface area contributed by atoms with Crippen molar-refractivity contribution in [3.8, 4) is 0 Å². The Kier molecular flexibility index (Phi) is 7.56.